The van der Waals surface area contributed by atoms with Gasteiger partial charge in [-0.15, -0.1) is 0 Å². The SMILES string of the molecule is O=[n+]1[nH]c(NC2CCCCC2)[nH+]c2ccccc21. The van der Waals surface area contributed by atoms with E-state index in [4.69, 9.17) is 0 Å². The van der Waals surface area contributed by atoms with Gasteiger partial charge in [-0.05, 0) is 18.9 Å². The standard InChI is InChI=1S/C13H17N4O/c18-17-12-9-5-4-8-11(12)15-13(16-17)14-10-6-2-1-3-7-10/h4-5,8-10H,1-3,6-7H2,(H2,14,15,16,18)/q+1/p+1. The molecule has 0 saturated heterocycles. The average molecular weight is 246 g/mol. The number of anilines is 1. The molecule has 1 fully saturated rings. The van der Waals surface area contributed by atoms with Crippen LogP contribution in [0.2, 0.25) is 0 Å². The highest BCUT2D eigenvalue weighted by atomic mass is 16.3. The molecular formula is C13H18N4O+2. The van der Waals surface area contributed by atoms with Gasteiger partial charge < -0.3 is 0 Å². The van der Waals surface area contributed by atoms with E-state index in [0.717, 1.165) is 10.1 Å². The van der Waals surface area contributed by atoms with E-state index in [-0.39, 0.29) is 0 Å². The zero-order valence-corrected chi connectivity index (χ0v) is 10.3. The van der Waals surface area contributed by atoms with Crippen molar-refractivity contribution in [3.8, 4) is 0 Å². The minimum absolute atomic E-state index is 0.465. The molecule has 1 saturated carbocycles. The van der Waals surface area contributed by atoms with Crippen LogP contribution in [0, 0.1) is 4.91 Å². The Kier molecular flexibility index (Phi) is 2.96. The third kappa shape index (κ3) is 2.20. The fourth-order valence-corrected chi connectivity index (χ4v) is 2.60. The first-order valence-corrected chi connectivity index (χ1v) is 6.56. The lowest BCUT2D eigenvalue weighted by atomic mass is 9.96. The molecule has 5 heteroatoms. The molecule has 18 heavy (non-hydrogen) atoms. The Morgan fingerprint density at radius 2 is 2.00 bits per heavy atom. The highest BCUT2D eigenvalue weighted by Crippen LogP contribution is 2.19. The molecule has 0 radical (unpaired) electrons. The van der Waals surface area contributed by atoms with Gasteiger partial charge in [-0.2, -0.15) is 0 Å². The Bertz CT molecular complexity index is 601. The second kappa shape index (κ2) is 4.76. The Morgan fingerprint density at radius 1 is 1.22 bits per heavy atom. The first kappa shape index (κ1) is 11.2. The summed E-state index contributed by atoms with van der Waals surface area (Å²) in [7, 11) is 0. The molecule has 3 rings (SSSR count). The van der Waals surface area contributed by atoms with Crippen molar-refractivity contribution < 1.29 is 9.53 Å². The lowest BCUT2D eigenvalue weighted by molar-refractivity contribution is -0.552. The van der Waals surface area contributed by atoms with Crippen LogP contribution in [0.15, 0.2) is 24.3 Å². The van der Waals surface area contributed by atoms with E-state index in [1.54, 1.807) is 6.07 Å². The van der Waals surface area contributed by atoms with Crippen LogP contribution in [0.25, 0.3) is 11.0 Å². The number of fused-ring (bicyclic) bond motifs is 1. The number of benzene rings is 1. The van der Waals surface area contributed by atoms with Crippen LogP contribution < -0.4 is 14.8 Å². The zero-order valence-electron chi connectivity index (χ0n) is 10.3. The average Bonchev–Trinajstić information content (AvgIpc) is 2.40. The number of nitrogens with zero attached hydrogens (tertiary/aromatic N) is 1. The van der Waals surface area contributed by atoms with Gasteiger partial charge in [0.05, 0.1) is 10.9 Å². The first-order chi connectivity index (χ1) is 8.83. The first-order valence-electron chi connectivity index (χ1n) is 6.56. The Balaban J connectivity index is 1.90. The van der Waals surface area contributed by atoms with Gasteiger partial charge >= 0.3 is 11.5 Å². The molecule has 0 atom stereocenters. The quantitative estimate of drug-likeness (QED) is 0.791. The molecule has 1 aliphatic rings. The molecule has 0 amide bonds. The molecule has 1 aliphatic carbocycles. The summed E-state index contributed by atoms with van der Waals surface area (Å²) in [4.78, 5) is 15.1. The monoisotopic (exact) mass is 246 g/mol. The van der Waals surface area contributed by atoms with E-state index in [1.165, 1.54) is 32.1 Å². The summed E-state index contributed by atoms with van der Waals surface area (Å²) < 4.78 is 0.803. The van der Waals surface area contributed by atoms with Gasteiger partial charge in [-0.3, -0.25) is 5.32 Å². The van der Waals surface area contributed by atoms with Crippen LogP contribution in [-0.2, 0) is 0 Å². The Hall–Kier alpha value is -1.91. The van der Waals surface area contributed by atoms with E-state index >= 15 is 0 Å². The van der Waals surface area contributed by atoms with Crippen molar-refractivity contribution in [2.24, 2.45) is 0 Å². The van der Waals surface area contributed by atoms with Crippen molar-refractivity contribution in [2.45, 2.75) is 38.1 Å². The number of hydrogen-bond acceptors (Lipinski definition) is 2. The fourth-order valence-electron chi connectivity index (χ4n) is 2.60. The lowest BCUT2D eigenvalue weighted by Crippen LogP contribution is -2.33. The van der Waals surface area contributed by atoms with Gasteiger partial charge in [-0.1, -0.05) is 31.4 Å². The third-order valence-corrected chi connectivity index (χ3v) is 3.55. The van der Waals surface area contributed by atoms with Crippen molar-refractivity contribution in [3.63, 3.8) is 0 Å². The second-order valence-corrected chi connectivity index (χ2v) is 4.90. The van der Waals surface area contributed by atoms with Gasteiger partial charge in [0.1, 0.15) is 0 Å². The van der Waals surface area contributed by atoms with E-state index in [0.29, 0.717) is 17.5 Å². The molecular weight excluding hydrogens is 228 g/mol. The van der Waals surface area contributed by atoms with Crippen molar-refractivity contribution in [1.29, 1.82) is 0 Å². The summed E-state index contributed by atoms with van der Waals surface area (Å²) in [5.74, 6) is 0.690. The van der Waals surface area contributed by atoms with Crippen LogP contribution in [-0.4, -0.2) is 11.1 Å². The third-order valence-electron chi connectivity index (χ3n) is 3.55. The summed E-state index contributed by atoms with van der Waals surface area (Å²) in [5.41, 5.74) is 1.45. The number of rotatable bonds is 2. The topological polar surface area (TPSA) is 64.9 Å². The minimum Gasteiger partial charge on any atom is -0.270 e. The summed E-state index contributed by atoms with van der Waals surface area (Å²) in [5, 5.41) is 6.17. The molecule has 5 nitrogen and oxygen atoms in total. The van der Waals surface area contributed by atoms with Crippen LogP contribution in [0.1, 0.15) is 32.1 Å². The van der Waals surface area contributed by atoms with Gasteiger partial charge in [0.2, 0.25) is 4.54 Å². The van der Waals surface area contributed by atoms with Gasteiger partial charge in [0.25, 0.3) is 0 Å². The van der Waals surface area contributed by atoms with Crippen molar-refractivity contribution in [3.05, 3.63) is 29.2 Å². The largest absolute Gasteiger partial charge is 0.410 e. The number of aromatic nitrogens is 3. The number of para-hydroxylation sites is 2. The highest BCUT2D eigenvalue weighted by Gasteiger charge is 2.21. The zero-order chi connectivity index (χ0) is 12.4. The molecule has 2 aromatic rings. The molecule has 0 aliphatic heterocycles. The van der Waals surface area contributed by atoms with Gasteiger partial charge in [-0.25, -0.2) is 4.98 Å². The van der Waals surface area contributed by atoms with Crippen LogP contribution in [0.4, 0.5) is 5.95 Å². The maximum atomic E-state index is 11.8. The van der Waals surface area contributed by atoms with E-state index < -0.39 is 0 Å². The Labute approximate surface area is 105 Å². The van der Waals surface area contributed by atoms with Gasteiger partial charge in [0.15, 0.2) is 5.52 Å². The number of hydrogen-bond donors (Lipinski definition) is 2. The normalized spacial score (nSPS) is 16.9. The second-order valence-electron chi connectivity index (χ2n) is 4.90. The predicted octanol–water partition coefficient (Wildman–Crippen LogP) is 1.64. The molecule has 94 valence electrons. The predicted molar refractivity (Wildman–Crippen MR) is 68.7 cm³/mol. The van der Waals surface area contributed by atoms with Crippen LogP contribution in [0.3, 0.4) is 0 Å². The molecule has 0 unspecified atom stereocenters. The summed E-state index contributed by atoms with van der Waals surface area (Å²) >= 11 is 0. The van der Waals surface area contributed by atoms with Crippen molar-refractivity contribution in [1.82, 2.24) is 5.10 Å². The lowest BCUT2D eigenvalue weighted by Gasteiger charge is -2.18. The minimum atomic E-state index is 0.465. The molecule has 3 N–H and O–H groups in total. The maximum absolute atomic E-state index is 11.8. The molecule has 1 aromatic carbocycles. The highest BCUT2D eigenvalue weighted by molar-refractivity contribution is 5.66. The Morgan fingerprint density at radius 3 is 2.83 bits per heavy atom. The summed E-state index contributed by atoms with van der Waals surface area (Å²) in [6.07, 6.45) is 6.21. The summed E-state index contributed by atoms with van der Waals surface area (Å²) in [6.45, 7) is 0. The van der Waals surface area contributed by atoms with E-state index in [1.807, 2.05) is 18.2 Å². The van der Waals surface area contributed by atoms with Crippen LogP contribution >= 0.6 is 0 Å². The van der Waals surface area contributed by atoms with Crippen molar-refractivity contribution >= 4 is 17.0 Å². The molecule has 1 aromatic heterocycles. The van der Waals surface area contributed by atoms with E-state index in [9.17, 15) is 4.91 Å². The number of H-pyrrole nitrogens is 2. The maximum Gasteiger partial charge on any atom is 0.410 e. The fraction of sp³-hybridized carbons (Fsp3) is 0.462. The van der Waals surface area contributed by atoms with Crippen molar-refractivity contribution in [2.75, 3.05) is 5.32 Å². The van der Waals surface area contributed by atoms with E-state index in [2.05, 4.69) is 15.4 Å². The summed E-state index contributed by atoms with van der Waals surface area (Å²) in [6, 6.07) is 7.94. The van der Waals surface area contributed by atoms with Crippen LogP contribution in [0.5, 0.6) is 0 Å². The van der Waals surface area contributed by atoms with Gasteiger partial charge in [0, 0.05) is 11.2 Å². The molecule has 0 spiro atoms. The molecule has 0 bridgehead atoms. The smallest absolute Gasteiger partial charge is 0.270 e. The number of aromatic amines is 2. The number of nitrogens with one attached hydrogen (secondary N) is 3. The molecule has 1 heterocycles.